The van der Waals surface area contributed by atoms with Crippen molar-refractivity contribution in [3.63, 3.8) is 0 Å². The molecule has 104 valence electrons. The lowest BCUT2D eigenvalue weighted by Gasteiger charge is -2.31. The van der Waals surface area contributed by atoms with Gasteiger partial charge in [-0.05, 0) is 24.3 Å². The summed E-state index contributed by atoms with van der Waals surface area (Å²) in [5.41, 5.74) is 0.993. The van der Waals surface area contributed by atoms with Crippen molar-refractivity contribution in [1.82, 2.24) is 0 Å². The molecule has 19 heavy (non-hydrogen) atoms. The second-order valence-electron chi connectivity index (χ2n) is 5.40. The first kappa shape index (κ1) is 14.1. The van der Waals surface area contributed by atoms with Gasteiger partial charge in [0.1, 0.15) is 6.61 Å². The van der Waals surface area contributed by atoms with Crippen LogP contribution < -0.4 is 0 Å². The smallest absolute Gasteiger partial charge is 0.309 e. The molecular weight excluding hydrogens is 240 g/mol. The fourth-order valence-corrected chi connectivity index (χ4v) is 2.76. The molecule has 3 heteroatoms. The summed E-state index contributed by atoms with van der Waals surface area (Å²) >= 11 is 0. The molecule has 1 fully saturated rings. The molecule has 1 aromatic carbocycles. The molecule has 0 saturated heterocycles. The lowest BCUT2D eigenvalue weighted by molar-refractivity contribution is -0.153. The summed E-state index contributed by atoms with van der Waals surface area (Å²) in [5.74, 6) is -0.370. The maximum absolute atomic E-state index is 12.0. The van der Waals surface area contributed by atoms with Gasteiger partial charge < -0.3 is 9.84 Å². The number of ether oxygens (including phenoxy) is 1. The van der Waals surface area contributed by atoms with Gasteiger partial charge in [0.05, 0.1) is 12.0 Å². The van der Waals surface area contributed by atoms with Crippen molar-refractivity contribution in [2.24, 2.45) is 11.8 Å². The van der Waals surface area contributed by atoms with Crippen LogP contribution in [0.3, 0.4) is 0 Å². The fraction of sp³-hybridized carbons (Fsp3) is 0.562. The van der Waals surface area contributed by atoms with Gasteiger partial charge in [0.15, 0.2) is 0 Å². The minimum Gasteiger partial charge on any atom is -0.461 e. The van der Waals surface area contributed by atoms with Crippen LogP contribution >= 0.6 is 0 Å². The lowest BCUT2D eigenvalue weighted by Crippen LogP contribution is -2.34. The van der Waals surface area contributed by atoms with Crippen LogP contribution in [0, 0.1) is 11.8 Å². The van der Waals surface area contributed by atoms with E-state index in [0.717, 1.165) is 31.2 Å². The Kier molecular flexibility index (Phi) is 4.97. The van der Waals surface area contributed by atoms with Crippen molar-refractivity contribution >= 4 is 5.97 Å². The van der Waals surface area contributed by atoms with E-state index < -0.39 is 0 Å². The van der Waals surface area contributed by atoms with Crippen LogP contribution in [0.15, 0.2) is 30.3 Å². The first-order valence-corrected chi connectivity index (χ1v) is 7.07. The normalized spacial score (nSPS) is 24.7. The van der Waals surface area contributed by atoms with Gasteiger partial charge in [-0.3, -0.25) is 4.79 Å². The zero-order valence-electron chi connectivity index (χ0n) is 11.4. The Labute approximate surface area is 114 Å². The van der Waals surface area contributed by atoms with Crippen LogP contribution in [0.1, 0.15) is 38.2 Å². The number of rotatable bonds is 4. The summed E-state index contributed by atoms with van der Waals surface area (Å²) in [7, 11) is 0. The van der Waals surface area contributed by atoms with Gasteiger partial charge in [-0.2, -0.15) is 0 Å². The summed E-state index contributed by atoms with van der Waals surface area (Å²) in [6.45, 7) is 2.18. The molecule has 0 aromatic heterocycles. The molecule has 0 radical (unpaired) electrons. The number of hydrogen-bond acceptors (Lipinski definition) is 3. The minimum atomic E-state index is -0.354. The highest BCUT2D eigenvalue weighted by Crippen LogP contribution is 2.31. The van der Waals surface area contributed by atoms with Gasteiger partial charge in [0.2, 0.25) is 0 Å². The van der Waals surface area contributed by atoms with Gasteiger partial charge in [-0.15, -0.1) is 0 Å². The molecule has 0 heterocycles. The molecule has 1 saturated carbocycles. The van der Waals surface area contributed by atoms with Gasteiger partial charge in [0, 0.05) is 0 Å². The number of carbonyl (C=O) groups excluding carboxylic acids is 1. The average Bonchev–Trinajstić information content (AvgIpc) is 2.45. The van der Waals surface area contributed by atoms with E-state index in [2.05, 4.69) is 0 Å². The predicted molar refractivity (Wildman–Crippen MR) is 73.4 cm³/mol. The van der Waals surface area contributed by atoms with Crippen LogP contribution in [-0.4, -0.2) is 17.2 Å². The molecule has 1 aliphatic rings. The van der Waals surface area contributed by atoms with E-state index in [4.69, 9.17) is 4.74 Å². The van der Waals surface area contributed by atoms with Crippen LogP contribution in [0.5, 0.6) is 0 Å². The van der Waals surface area contributed by atoms with E-state index in [1.165, 1.54) is 0 Å². The number of hydrogen-bond donors (Lipinski definition) is 1. The fourth-order valence-electron chi connectivity index (χ4n) is 2.76. The Balaban J connectivity index is 1.85. The topological polar surface area (TPSA) is 46.5 Å². The Morgan fingerprint density at radius 3 is 2.68 bits per heavy atom. The monoisotopic (exact) mass is 262 g/mol. The van der Waals surface area contributed by atoms with E-state index in [0.29, 0.717) is 6.61 Å². The Bertz CT molecular complexity index is 402. The van der Waals surface area contributed by atoms with Gasteiger partial charge in [0.25, 0.3) is 0 Å². The van der Waals surface area contributed by atoms with E-state index in [1.54, 1.807) is 0 Å². The number of esters is 1. The zero-order valence-corrected chi connectivity index (χ0v) is 11.4. The predicted octanol–water partition coefficient (Wildman–Crippen LogP) is 2.92. The second-order valence-corrected chi connectivity index (χ2v) is 5.40. The molecule has 1 aliphatic carbocycles. The van der Waals surface area contributed by atoms with Gasteiger partial charge >= 0.3 is 5.97 Å². The molecule has 2 rings (SSSR count). The highest BCUT2D eigenvalue weighted by atomic mass is 16.5. The highest BCUT2D eigenvalue weighted by molar-refractivity contribution is 5.72. The Morgan fingerprint density at radius 2 is 2.00 bits per heavy atom. The second kappa shape index (κ2) is 6.71. The summed E-state index contributed by atoms with van der Waals surface area (Å²) in [4.78, 5) is 12.0. The molecule has 1 aromatic rings. The average molecular weight is 262 g/mol. The third-order valence-corrected chi connectivity index (χ3v) is 4.02. The molecule has 0 spiro atoms. The number of carbonyl (C=O) groups is 1. The zero-order chi connectivity index (χ0) is 13.7. The third-order valence-electron chi connectivity index (χ3n) is 4.02. The van der Waals surface area contributed by atoms with Crippen molar-refractivity contribution in [2.75, 3.05) is 0 Å². The quantitative estimate of drug-likeness (QED) is 0.849. The molecule has 3 nitrogen and oxygen atoms in total. The van der Waals surface area contributed by atoms with Crippen LogP contribution in [0.2, 0.25) is 0 Å². The molecule has 0 amide bonds. The summed E-state index contributed by atoms with van der Waals surface area (Å²) in [5, 5.41) is 9.97. The number of benzene rings is 1. The standard InChI is InChI=1S/C16H22O3/c1-12(14-9-5-6-10-15(14)17)16(18)19-11-13-7-3-2-4-8-13/h2-4,7-8,12,14-15,17H,5-6,9-11H2,1H3/t12?,14-,15-/m1/s1. The first-order chi connectivity index (χ1) is 9.18. The van der Waals surface area contributed by atoms with Crippen LogP contribution in [-0.2, 0) is 16.1 Å². The molecule has 1 N–H and O–H groups in total. The van der Waals surface area contributed by atoms with Crippen molar-refractivity contribution in [1.29, 1.82) is 0 Å². The molecule has 0 aliphatic heterocycles. The maximum Gasteiger partial charge on any atom is 0.309 e. The van der Waals surface area contributed by atoms with Crippen molar-refractivity contribution in [2.45, 2.75) is 45.3 Å². The van der Waals surface area contributed by atoms with Crippen molar-refractivity contribution in [3.8, 4) is 0 Å². The van der Waals surface area contributed by atoms with E-state index in [-0.39, 0.29) is 23.9 Å². The SMILES string of the molecule is CC(C(=O)OCc1ccccc1)[C@H]1CCCC[C@H]1O. The molecular formula is C16H22O3. The lowest BCUT2D eigenvalue weighted by atomic mass is 9.79. The summed E-state index contributed by atoms with van der Waals surface area (Å²) in [6, 6.07) is 9.67. The van der Waals surface area contributed by atoms with E-state index in [9.17, 15) is 9.90 Å². The van der Waals surface area contributed by atoms with Crippen molar-refractivity contribution < 1.29 is 14.6 Å². The molecule has 0 bridgehead atoms. The van der Waals surface area contributed by atoms with Crippen LogP contribution in [0.25, 0.3) is 0 Å². The van der Waals surface area contributed by atoms with Crippen molar-refractivity contribution in [3.05, 3.63) is 35.9 Å². The molecule has 1 unspecified atom stereocenters. The first-order valence-electron chi connectivity index (χ1n) is 7.07. The Morgan fingerprint density at radius 1 is 1.32 bits per heavy atom. The Hall–Kier alpha value is -1.35. The highest BCUT2D eigenvalue weighted by Gasteiger charge is 2.32. The maximum atomic E-state index is 12.0. The van der Waals surface area contributed by atoms with E-state index in [1.807, 2.05) is 37.3 Å². The van der Waals surface area contributed by atoms with E-state index >= 15 is 0 Å². The summed E-state index contributed by atoms with van der Waals surface area (Å²) < 4.78 is 5.34. The van der Waals surface area contributed by atoms with Gasteiger partial charge in [-0.1, -0.05) is 50.1 Å². The number of aliphatic hydroxyl groups excluding tert-OH is 1. The minimum absolute atomic E-state index is 0.0528. The molecule has 3 atom stereocenters. The number of aliphatic hydroxyl groups is 1. The third kappa shape index (κ3) is 3.80. The summed E-state index contributed by atoms with van der Waals surface area (Å²) in [6.07, 6.45) is 3.53. The van der Waals surface area contributed by atoms with Crippen LogP contribution in [0.4, 0.5) is 0 Å². The van der Waals surface area contributed by atoms with Gasteiger partial charge in [-0.25, -0.2) is 0 Å². The largest absolute Gasteiger partial charge is 0.461 e.